The molecular weight excluding hydrogens is 254 g/mol. The van der Waals surface area contributed by atoms with Gasteiger partial charge in [-0.1, -0.05) is 12.1 Å². The van der Waals surface area contributed by atoms with Gasteiger partial charge < -0.3 is 9.67 Å². The first-order chi connectivity index (χ1) is 9.47. The zero-order valence-corrected chi connectivity index (χ0v) is 11.6. The van der Waals surface area contributed by atoms with Crippen LogP contribution in [0, 0.1) is 13.8 Å². The molecule has 0 aliphatic rings. The molecule has 0 unspecified atom stereocenters. The van der Waals surface area contributed by atoms with E-state index in [1.54, 1.807) is 24.3 Å². The number of benzene rings is 1. The lowest BCUT2D eigenvalue weighted by molar-refractivity contribution is 0.0697. The predicted octanol–water partition coefficient (Wildman–Crippen LogP) is 2.41. The lowest BCUT2D eigenvalue weighted by atomic mass is 10.1. The summed E-state index contributed by atoms with van der Waals surface area (Å²) in [5.74, 6) is -0.913. The number of aromatic carboxylic acids is 1. The van der Waals surface area contributed by atoms with Crippen LogP contribution in [0.5, 0.6) is 0 Å². The summed E-state index contributed by atoms with van der Waals surface area (Å²) in [6, 6.07) is 10.1. The van der Waals surface area contributed by atoms with Crippen LogP contribution >= 0.6 is 0 Å². The van der Waals surface area contributed by atoms with Gasteiger partial charge in [0.25, 0.3) is 0 Å². The largest absolute Gasteiger partial charge is 0.478 e. The zero-order valence-electron chi connectivity index (χ0n) is 11.6. The van der Waals surface area contributed by atoms with E-state index in [9.17, 15) is 9.59 Å². The maximum atomic E-state index is 11.4. The number of carboxylic acid groups (broad SMARTS) is 1. The first-order valence-corrected chi connectivity index (χ1v) is 6.47. The van der Waals surface area contributed by atoms with Crippen molar-refractivity contribution in [3.63, 3.8) is 0 Å². The molecule has 1 aromatic carbocycles. The number of aromatic nitrogens is 1. The summed E-state index contributed by atoms with van der Waals surface area (Å²) in [4.78, 5) is 22.1. The molecule has 2 aromatic rings. The Morgan fingerprint density at radius 2 is 1.65 bits per heavy atom. The molecule has 1 heterocycles. The highest BCUT2D eigenvalue weighted by Gasteiger charge is 2.04. The number of rotatable bonds is 4. The third-order valence-corrected chi connectivity index (χ3v) is 3.38. The Hall–Kier alpha value is -2.36. The minimum Gasteiger partial charge on any atom is -0.478 e. The molecule has 104 valence electrons. The predicted molar refractivity (Wildman–Crippen MR) is 77.3 cm³/mol. The van der Waals surface area contributed by atoms with E-state index >= 15 is 0 Å². The van der Waals surface area contributed by atoms with Crippen molar-refractivity contribution < 1.29 is 9.90 Å². The van der Waals surface area contributed by atoms with E-state index in [-0.39, 0.29) is 5.43 Å². The van der Waals surface area contributed by atoms with Gasteiger partial charge in [0, 0.05) is 30.1 Å². The Balaban J connectivity index is 2.13. The second-order valence-electron chi connectivity index (χ2n) is 4.88. The van der Waals surface area contributed by atoms with E-state index in [2.05, 4.69) is 4.57 Å². The van der Waals surface area contributed by atoms with Gasteiger partial charge in [0.05, 0.1) is 5.56 Å². The molecule has 20 heavy (non-hydrogen) atoms. The van der Waals surface area contributed by atoms with Crippen LogP contribution in [0.25, 0.3) is 0 Å². The topological polar surface area (TPSA) is 59.3 Å². The van der Waals surface area contributed by atoms with Crippen LogP contribution in [0.1, 0.15) is 27.3 Å². The van der Waals surface area contributed by atoms with Crippen molar-refractivity contribution in [3.05, 3.63) is 69.1 Å². The van der Waals surface area contributed by atoms with Crippen LogP contribution in [-0.2, 0) is 13.0 Å². The second-order valence-corrected chi connectivity index (χ2v) is 4.88. The minimum absolute atomic E-state index is 0.0297. The fraction of sp³-hybridized carbons (Fsp3) is 0.250. The van der Waals surface area contributed by atoms with Crippen LogP contribution in [-0.4, -0.2) is 15.6 Å². The molecular formula is C16H17NO3. The molecule has 0 atom stereocenters. The van der Waals surface area contributed by atoms with Crippen LogP contribution in [0.4, 0.5) is 0 Å². The third kappa shape index (κ3) is 3.15. The Kier molecular flexibility index (Phi) is 4.03. The van der Waals surface area contributed by atoms with Crippen LogP contribution in [0.2, 0.25) is 0 Å². The monoisotopic (exact) mass is 271 g/mol. The molecule has 1 aromatic heterocycles. The van der Waals surface area contributed by atoms with Crippen molar-refractivity contribution >= 4 is 5.97 Å². The van der Waals surface area contributed by atoms with Gasteiger partial charge in [-0.05, 0) is 38.0 Å². The van der Waals surface area contributed by atoms with E-state index in [1.165, 1.54) is 0 Å². The Bertz CT molecular complexity index is 658. The number of pyridine rings is 1. The number of hydrogen-bond donors (Lipinski definition) is 1. The van der Waals surface area contributed by atoms with Gasteiger partial charge in [-0.3, -0.25) is 4.79 Å². The molecule has 0 fully saturated rings. The molecule has 2 rings (SSSR count). The summed E-state index contributed by atoms with van der Waals surface area (Å²) in [5, 5.41) is 8.85. The maximum Gasteiger partial charge on any atom is 0.335 e. The lowest BCUT2D eigenvalue weighted by Gasteiger charge is -2.14. The van der Waals surface area contributed by atoms with Crippen LogP contribution < -0.4 is 5.43 Å². The number of carbonyl (C=O) groups is 1. The molecule has 0 bridgehead atoms. The Labute approximate surface area is 117 Å². The second kappa shape index (κ2) is 5.74. The first-order valence-electron chi connectivity index (χ1n) is 6.47. The van der Waals surface area contributed by atoms with Crippen molar-refractivity contribution in [2.75, 3.05) is 0 Å². The molecule has 4 heteroatoms. The number of carboxylic acids is 1. The van der Waals surface area contributed by atoms with Crippen molar-refractivity contribution in [2.24, 2.45) is 0 Å². The highest BCUT2D eigenvalue weighted by Crippen LogP contribution is 2.08. The summed E-state index contributed by atoms with van der Waals surface area (Å²) in [7, 11) is 0. The van der Waals surface area contributed by atoms with Crippen molar-refractivity contribution in [2.45, 2.75) is 26.8 Å². The molecule has 4 nitrogen and oxygen atoms in total. The molecule has 0 aliphatic carbocycles. The molecule has 0 radical (unpaired) electrons. The van der Waals surface area contributed by atoms with Gasteiger partial charge in [-0.2, -0.15) is 0 Å². The van der Waals surface area contributed by atoms with Crippen molar-refractivity contribution in [1.29, 1.82) is 0 Å². The normalized spacial score (nSPS) is 10.5. The molecule has 0 spiro atoms. The maximum absolute atomic E-state index is 11.4. The highest BCUT2D eigenvalue weighted by molar-refractivity contribution is 5.87. The van der Waals surface area contributed by atoms with Gasteiger partial charge in [-0.15, -0.1) is 0 Å². The fourth-order valence-corrected chi connectivity index (χ4v) is 2.30. The van der Waals surface area contributed by atoms with Gasteiger partial charge >= 0.3 is 5.97 Å². The van der Waals surface area contributed by atoms with E-state index < -0.39 is 5.97 Å². The minimum atomic E-state index is -0.913. The number of nitrogens with zero attached hydrogens (tertiary/aromatic N) is 1. The smallest absolute Gasteiger partial charge is 0.335 e. The van der Waals surface area contributed by atoms with Crippen LogP contribution in [0.15, 0.2) is 41.2 Å². The molecule has 0 amide bonds. The van der Waals surface area contributed by atoms with E-state index in [1.807, 2.05) is 26.0 Å². The van der Waals surface area contributed by atoms with Crippen molar-refractivity contribution in [3.8, 4) is 0 Å². The third-order valence-electron chi connectivity index (χ3n) is 3.38. The Morgan fingerprint density at radius 1 is 1.10 bits per heavy atom. The number of aryl methyl sites for hydroxylation is 3. The zero-order chi connectivity index (χ0) is 14.7. The number of hydrogen-bond acceptors (Lipinski definition) is 2. The first kappa shape index (κ1) is 14.1. The quantitative estimate of drug-likeness (QED) is 0.929. The van der Waals surface area contributed by atoms with Gasteiger partial charge in [-0.25, -0.2) is 4.79 Å². The summed E-state index contributed by atoms with van der Waals surface area (Å²) < 4.78 is 2.09. The highest BCUT2D eigenvalue weighted by atomic mass is 16.4. The summed E-state index contributed by atoms with van der Waals surface area (Å²) >= 11 is 0. The fourth-order valence-electron chi connectivity index (χ4n) is 2.30. The van der Waals surface area contributed by atoms with Gasteiger partial charge in [0.1, 0.15) is 0 Å². The molecule has 0 saturated carbocycles. The summed E-state index contributed by atoms with van der Waals surface area (Å²) in [5.41, 5.74) is 3.29. The van der Waals surface area contributed by atoms with E-state index in [4.69, 9.17) is 5.11 Å². The van der Waals surface area contributed by atoms with E-state index in [0.29, 0.717) is 5.56 Å². The van der Waals surface area contributed by atoms with Crippen LogP contribution in [0.3, 0.4) is 0 Å². The van der Waals surface area contributed by atoms with Gasteiger partial charge in [0.2, 0.25) is 0 Å². The molecule has 1 N–H and O–H groups in total. The van der Waals surface area contributed by atoms with E-state index in [0.717, 1.165) is 29.9 Å². The summed E-state index contributed by atoms with van der Waals surface area (Å²) in [6.07, 6.45) is 0.796. The lowest BCUT2D eigenvalue weighted by Crippen LogP contribution is -2.14. The molecule has 0 saturated heterocycles. The Morgan fingerprint density at radius 3 is 2.15 bits per heavy atom. The SMILES string of the molecule is Cc1cc(=O)cc(C)n1CCc1ccc(C(=O)O)cc1. The average Bonchev–Trinajstić information content (AvgIpc) is 2.38. The van der Waals surface area contributed by atoms with Gasteiger partial charge in [0.15, 0.2) is 5.43 Å². The standard InChI is InChI=1S/C16H17NO3/c1-11-9-15(18)10-12(2)17(11)8-7-13-3-5-14(6-4-13)16(19)20/h3-6,9-10H,7-8H2,1-2H3,(H,19,20). The molecule has 0 aliphatic heterocycles. The summed E-state index contributed by atoms with van der Waals surface area (Å²) in [6.45, 7) is 4.61. The van der Waals surface area contributed by atoms with Crippen molar-refractivity contribution in [1.82, 2.24) is 4.57 Å². The average molecular weight is 271 g/mol.